The summed E-state index contributed by atoms with van der Waals surface area (Å²) >= 11 is 1.35. The molecule has 1 unspecified atom stereocenters. The molecular weight excluding hydrogens is 405 g/mol. The van der Waals surface area contributed by atoms with E-state index in [0.29, 0.717) is 16.5 Å². The first-order valence-electron chi connectivity index (χ1n) is 10.1. The zero-order valence-corrected chi connectivity index (χ0v) is 18.4. The Bertz CT molecular complexity index is 905. The number of benzene rings is 2. The van der Waals surface area contributed by atoms with E-state index in [4.69, 9.17) is 0 Å². The van der Waals surface area contributed by atoms with Crippen molar-refractivity contribution in [3.8, 4) is 0 Å². The van der Waals surface area contributed by atoms with Gasteiger partial charge in [0.15, 0.2) is 0 Å². The van der Waals surface area contributed by atoms with Crippen molar-refractivity contribution in [1.82, 2.24) is 0 Å². The highest BCUT2D eigenvalue weighted by atomic mass is 32.2. The first-order chi connectivity index (χ1) is 14.2. The van der Waals surface area contributed by atoms with Crippen LogP contribution in [0, 0.1) is 0 Å². The van der Waals surface area contributed by atoms with Gasteiger partial charge in [0.2, 0.25) is 0 Å². The van der Waals surface area contributed by atoms with E-state index in [1.807, 2.05) is 76.2 Å². The third-order valence-electron chi connectivity index (χ3n) is 5.06. The maximum atomic E-state index is 13.9. The quantitative estimate of drug-likeness (QED) is 0.506. The van der Waals surface area contributed by atoms with E-state index in [-0.39, 0.29) is 17.9 Å². The van der Waals surface area contributed by atoms with Gasteiger partial charge < -0.3 is 5.32 Å². The SMILES string of the molecule is CC(C)c1cccc(C(C)C)c1NC(=CC1=NC(c2ccccc2)CS1)C(F)(F)F. The topological polar surface area (TPSA) is 24.4 Å². The predicted octanol–water partition coefficient (Wildman–Crippen LogP) is 7.68. The van der Waals surface area contributed by atoms with Gasteiger partial charge in [-0.2, -0.15) is 13.2 Å². The van der Waals surface area contributed by atoms with Crippen LogP contribution in [0.2, 0.25) is 0 Å². The zero-order chi connectivity index (χ0) is 21.9. The maximum absolute atomic E-state index is 13.9. The Morgan fingerprint density at radius 1 is 1.00 bits per heavy atom. The largest absolute Gasteiger partial charge is 0.431 e. The molecule has 1 aliphatic rings. The minimum Gasteiger partial charge on any atom is -0.351 e. The van der Waals surface area contributed by atoms with E-state index in [1.165, 1.54) is 11.8 Å². The molecule has 2 aromatic rings. The fourth-order valence-electron chi connectivity index (χ4n) is 3.46. The van der Waals surface area contributed by atoms with Crippen LogP contribution in [0.4, 0.5) is 18.9 Å². The first-order valence-corrected chi connectivity index (χ1v) is 11.1. The molecule has 160 valence electrons. The van der Waals surface area contributed by atoms with Crippen LogP contribution in [0.25, 0.3) is 0 Å². The molecule has 1 N–H and O–H groups in total. The number of hydrogen-bond donors (Lipinski definition) is 1. The molecular formula is C24H27F3N2S. The van der Waals surface area contributed by atoms with Gasteiger partial charge in [-0.1, -0.05) is 76.2 Å². The second-order valence-corrected chi connectivity index (χ2v) is 9.05. The Labute approximate surface area is 180 Å². The molecule has 0 aliphatic carbocycles. The molecule has 1 atom stereocenters. The number of halogens is 3. The summed E-state index contributed by atoms with van der Waals surface area (Å²) in [5.74, 6) is 0.837. The van der Waals surface area contributed by atoms with Crippen molar-refractivity contribution < 1.29 is 13.2 Å². The van der Waals surface area contributed by atoms with Gasteiger partial charge in [-0.3, -0.25) is 4.99 Å². The van der Waals surface area contributed by atoms with Crippen LogP contribution in [-0.2, 0) is 0 Å². The minimum absolute atomic E-state index is 0.0985. The van der Waals surface area contributed by atoms with Crippen molar-refractivity contribution in [3.05, 3.63) is 77.0 Å². The summed E-state index contributed by atoms with van der Waals surface area (Å²) in [7, 11) is 0. The van der Waals surface area contributed by atoms with Crippen molar-refractivity contribution in [2.24, 2.45) is 4.99 Å². The second-order valence-electron chi connectivity index (χ2n) is 8.01. The van der Waals surface area contributed by atoms with Gasteiger partial charge in [0.25, 0.3) is 0 Å². The Hall–Kier alpha value is -2.21. The number of allylic oxidation sites excluding steroid dienone is 1. The normalized spacial score (nSPS) is 17.6. The summed E-state index contributed by atoms with van der Waals surface area (Å²) in [5.41, 5.74) is 2.54. The molecule has 1 heterocycles. The number of aliphatic imine (C=N–C) groups is 1. The van der Waals surface area contributed by atoms with Gasteiger partial charge in [-0.05, 0) is 34.6 Å². The number of nitrogens with one attached hydrogen (secondary N) is 1. The number of alkyl halides is 3. The molecule has 0 spiro atoms. The predicted molar refractivity (Wildman–Crippen MR) is 121 cm³/mol. The van der Waals surface area contributed by atoms with Crippen LogP contribution < -0.4 is 5.32 Å². The molecule has 3 rings (SSSR count). The van der Waals surface area contributed by atoms with E-state index in [9.17, 15) is 13.2 Å². The number of rotatable bonds is 6. The molecule has 2 aromatic carbocycles. The van der Waals surface area contributed by atoms with E-state index >= 15 is 0 Å². The highest BCUT2D eigenvalue weighted by molar-refractivity contribution is 8.14. The van der Waals surface area contributed by atoms with Gasteiger partial charge in [0.05, 0.1) is 11.1 Å². The average Bonchev–Trinajstić information content (AvgIpc) is 3.16. The Morgan fingerprint density at radius 3 is 2.13 bits per heavy atom. The molecule has 0 radical (unpaired) electrons. The molecule has 30 heavy (non-hydrogen) atoms. The van der Waals surface area contributed by atoms with E-state index in [0.717, 1.165) is 22.8 Å². The van der Waals surface area contributed by atoms with Gasteiger partial charge in [0, 0.05) is 11.4 Å². The van der Waals surface area contributed by atoms with Crippen LogP contribution in [0.5, 0.6) is 0 Å². The van der Waals surface area contributed by atoms with Gasteiger partial charge >= 0.3 is 6.18 Å². The van der Waals surface area contributed by atoms with Crippen LogP contribution in [0.1, 0.15) is 62.3 Å². The average molecular weight is 433 g/mol. The third-order valence-corrected chi connectivity index (χ3v) is 6.06. The van der Waals surface area contributed by atoms with Crippen LogP contribution in [-0.4, -0.2) is 17.0 Å². The number of para-hydroxylation sites is 1. The summed E-state index contributed by atoms with van der Waals surface area (Å²) in [6, 6.07) is 15.2. The summed E-state index contributed by atoms with van der Waals surface area (Å²) in [6.07, 6.45) is -3.36. The van der Waals surface area contributed by atoms with Crippen LogP contribution >= 0.6 is 11.8 Å². The monoisotopic (exact) mass is 432 g/mol. The number of hydrogen-bond acceptors (Lipinski definition) is 3. The van der Waals surface area contributed by atoms with Crippen molar-refractivity contribution in [3.63, 3.8) is 0 Å². The van der Waals surface area contributed by atoms with Gasteiger partial charge in [-0.15, -0.1) is 11.8 Å². The number of nitrogens with zero attached hydrogens (tertiary/aromatic N) is 1. The second kappa shape index (κ2) is 9.29. The fraction of sp³-hybridized carbons (Fsp3) is 0.375. The summed E-state index contributed by atoms with van der Waals surface area (Å²) in [6.45, 7) is 7.96. The van der Waals surface area contributed by atoms with Crippen LogP contribution in [0.3, 0.4) is 0 Å². The van der Waals surface area contributed by atoms with Crippen molar-refractivity contribution in [2.75, 3.05) is 11.1 Å². The molecule has 1 aliphatic heterocycles. The van der Waals surface area contributed by atoms with Crippen LogP contribution in [0.15, 0.2) is 65.3 Å². The van der Waals surface area contributed by atoms with E-state index in [2.05, 4.69) is 10.3 Å². The molecule has 0 saturated heterocycles. The van der Waals surface area contributed by atoms with Crippen molar-refractivity contribution >= 4 is 22.5 Å². The Balaban J connectivity index is 1.98. The highest BCUT2D eigenvalue weighted by Gasteiger charge is 2.36. The lowest BCUT2D eigenvalue weighted by Crippen LogP contribution is -2.21. The molecule has 6 heteroatoms. The Morgan fingerprint density at radius 2 is 1.60 bits per heavy atom. The van der Waals surface area contributed by atoms with Crippen molar-refractivity contribution in [2.45, 2.75) is 51.7 Å². The maximum Gasteiger partial charge on any atom is 0.431 e. The lowest BCUT2D eigenvalue weighted by molar-refractivity contribution is -0.0901. The highest BCUT2D eigenvalue weighted by Crippen LogP contribution is 2.38. The molecule has 0 bridgehead atoms. The molecule has 0 amide bonds. The molecule has 2 nitrogen and oxygen atoms in total. The first kappa shape index (κ1) is 22.5. The standard InChI is InChI=1S/C24H27F3N2S/c1-15(2)18-11-8-12-19(16(3)4)23(18)29-21(24(25,26)27)13-22-28-20(14-30-22)17-9-6-5-7-10-17/h5-13,15-16,20,29H,14H2,1-4H3. The lowest BCUT2D eigenvalue weighted by atomic mass is 9.92. The zero-order valence-electron chi connectivity index (χ0n) is 17.6. The molecule has 0 aromatic heterocycles. The number of thioether (sulfide) groups is 1. The molecule has 0 saturated carbocycles. The smallest absolute Gasteiger partial charge is 0.351 e. The fourth-order valence-corrected chi connectivity index (χ4v) is 4.46. The lowest BCUT2D eigenvalue weighted by Gasteiger charge is -2.23. The van der Waals surface area contributed by atoms with Gasteiger partial charge in [0.1, 0.15) is 5.70 Å². The number of anilines is 1. The minimum atomic E-state index is -4.51. The summed E-state index contributed by atoms with van der Waals surface area (Å²) < 4.78 is 41.8. The Kier molecular flexibility index (Phi) is 6.96. The van der Waals surface area contributed by atoms with Crippen molar-refractivity contribution in [1.29, 1.82) is 0 Å². The van der Waals surface area contributed by atoms with E-state index in [1.54, 1.807) is 0 Å². The van der Waals surface area contributed by atoms with Gasteiger partial charge in [-0.25, -0.2) is 0 Å². The summed E-state index contributed by atoms with van der Waals surface area (Å²) in [5, 5.41) is 3.14. The third kappa shape index (κ3) is 5.28. The van der Waals surface area contributed by atoms with E-state index < -0.39 is 11.9 Å². The summed E-state index contributed by atoms with van der Waals surface area (Å²) in [4.78, 5) is 4.53. The molecule has 0 fully saturated rings.